The number of methoxy groups -OCH3 is 1. The van der Waals surface area contributed by atoms with E-state index in [0.717, 1.165) is 11.3 Å². The van der Waals surface area contributed by atoms with Crippen LogP contribution in [0, 0.1) is 11.8 Å². The first-order valence-electron chi connectivity index (χ1n) is 12.1. The predicted octanol–water partition coefficient (Wildman–Crippen LogP) is 4.44. The molecule has 188 valence electrons. The molecule has 2 aromatic rings. The molecule has 1 aliphatic carbocycles. The van der Waals surface area contributed by atoms with Gasteiger partial charge < -0.3 is 19.5 Å². The number of benzene rings is 2. The van der Waals surface area contributed by atoms with Gasteiger partial charge in [0, 0.05) is 22.9 Å². The Hall–Kier alpha value is -3.87. The van der Waals surface area contributed by atoms with E-state index in [2.05, 4.69) is 5.32 Å². The zero-order valence-electron chi connectivity index (χ0n) is 21.0. The number of rotatable bonds is 7. The zero-order valence-corrected chi connectivity index (χ0v) is 21.0. The fourth-order valence-electron chi connectivity index (χ4n) is 5.02. The maximum Gasteiger partial charge on any atom is 0.336 e. The third kappa shape index (κ3) is 4.91. The molecule has 1 heterocycles. The Balaban J connectivity index is 1.77. The summed E-state index contributed by atoms with van der Waals surface area (Å²) in [6.07, 6.45) is 0.481. The maximum absolute atomic E-state index is 13.8. The Morgan fingerprint density at radius 3 is 2.53 bits per heavy atom. The molecule has 0 bridgehead atoms. The van der Waals surface area contributed by atoms with Gasteiger partial charge in [0.2, 0.25) is 0 Å². The lowest BCUT2D eigenvalue weighted by Crippen LogP contribution is -2.43. The van der Waals surface area contributed by atoms with Crippen LogP contribution >= 0.6 is 0 Å². The number of dihydropyridines is 1. The van der Waals surface area contributed by atoms with Crippen molar-refractivity contribution in [3.63, 3.8) is 0 Å². The van der Waals surface area contributed by atoms with Crippen LogP contribution in [0.25, 0.3) is 0 Å². The summed E-state index contributed by atoms with van der Waals surface area (Å²) in [7, 11) is 1.28. The summed E-state index contributed by atoms with van der Waals surface area (Å²) >= 11 is 0. The molecule has 0 radical (unpaired) electrons. The number of nitrogens with one attached hydrogen (secondary N) is 1. The van der Waals surface area contributed by atoms with Gasteiger partial charge in [0.25, 0.3) is 0 Å². The molecule has 7 heteroatoms. The minimum absolute atomic E-state index is 0.199. The molecule has 4 rings (SSSR count). The lowest BCUT2D eigenvalue weighted by molar-refractivity contribution is -0.151. The van der Waals surface area contributed by atoms with Crippen LogP contribution in [0.1, 0.15) is 44.2 Å². The molecule has 0 spiro atoms. The lowest BCUT2D eigenvalue weighted by Gasteiger charge is -2.38. The summed E-state index contributed by atoms with van der Waals surface area (Å²) < 4.78 is 16.4. The van der Waals surface area contributed by atoms with Crippen molar-refractivity contribution >= 4 is 17.7 Å². The smallest absolute Gasteiger partial charge is 0.336 e. The van der Waals surface area contributed by atoms with E-state index >= 15 is 0 Å². The van der Waals surface area contributed by atoms with Gasteiger partial charge in [-0.3, -0.25) is 9.59 Å². The molecular formula is C29H31NO6. The average molecular weight is 490 g/mol. The number of ketones is 1. The first-order valence-corrected chi connectivity index (χ1v) is 12.1. The average Bonchev–Trinajstić information content (AvgIpc) is 2.87. The molecule has 3 atom stereocenters. The van der Waals surface area contributed by atoms with Crippen molar-refractivity contribution in [2.24, 2.45) is 11.8 Å². The van der Waals surface area contributed by atoms with E-state index in [9.17, 15) is 14.4 Å². The van der Waals surface area contributed by atoms with E-state index in [1.54, 1.807) is 13.8 Å². The summed E-state index contributed by atoms with van der Waals surface area (Å²) in [5, 5.41) is 3.26. The SMILES string of the molecule is CCOC(=O)C1=C(C)NC2=C(C(=O)C(C(=O)OC)C(C)C2)C1c1cccc(OCc2ccccc2)c1. The van der Waals surface area contributed by atoms with Crippen LogP contribution in [0.5, 0.6) is 5.75 Å². The van der Waals surface area contributed by atoms with E-state index in [-0.39, 0.29) is 18.3 Å². The minimum atomic E-state index is -0.933. The highest BCUT2D eigenvalue weighted by Crippen LogP contribution is 2.46. The molecule has 2 aliphatic rings. The highest BCUT2D eigenvalue weighted by molar-refractivity contribution is 6.12. The Morgan fingerprint density at radius 1 is 1.08 bits per heavy atom. The Bertz CT molecular complexity index is 1230. The second-order valence-electron chi connectivity index (χ2n) is 9.10. The molecule has 2 aromatic carbocycles. The third-order valence-corrected chi connectivity index (χ3v) is 6.68. The quantitative estimate of drug-likeness (QED) is 0.454. The van der Waals surface area contributed by atoms with Crippen molar-refractivity contribution in [3.05, 3.63) is 88.3 Å². The first kappa shape index (κ1) is 25.2. The monoisotopic (exact) mass is 489 g/mol. The number of hydrogen-bond acceptors (Lipinski definition) is 7. The normalized spacial score (nSPS) is 21.4. The fraction of sp³-hybridized carbons (Fsp3) is 0.345. The van der Waals surface area contributed by atoms with Crippen LogP contribution < -0.4 is 10.1 Å². The number of carbonyl (C=O) groups is 3. The van der Waals surface area contributed by atoms with Gasteiger partial charge in [0.05, 0.1) is 19.3 Å². The number of hydrogen-bond donors (Lipinski definition) is 1. The van der Waals surface area contributed by atoms with Crippen molar-refractivity contribution in [1.29, 1.82) is 0 Å². The van der Waals surface area contributed by atoms with Gasteiger partial charge >= 0.3 is 11.9 Å². The topological polar surface area (TPSA) is 90.9 Å². The molecule has 0 fully saturated rings. The molecule has 0 aromatic heterocycles. The number of allylic oxidation sites excluding steroid dienone is 3. The van der Waals surface area contributed by atoms with Crippen molar-refractivity contribution in [1.82, 2.24) is 5.32 Å². The van der Waals surface area contributed by atoms with Crippen LogP contribution in [-0.4, -0.2) is 31.4 Å². The second kappa shape index (κ2) is 10.8. The fourth-order valence-corrected chi connectivity index (χ4v) is 5.02. The van der Waals surface area contributed by atoms with Gasteiger partial charge in [-0.1, -0.05) is 49.4 Å². The highest BCUT2D eigenvalue weighted by atomic mass is 16.5. The Morgan fingerprint density at radius 2 is 1.83 bits per heavy atom. The largest absolute Gasteiger partial charge is 0.489 e. The molecule has 3 unspecified atom stereocenters. The van der Waals surface area contributed by atoms with Crippen molar-refractivity contribution in [2.45, 2.75) is 39.7 Å². The van der Waals surface area contributed by atoms with E-state index in [1.807, 2.05) is 61.5 Å². The van der Waals surface area contributed by atoms with Gasteiger partial charge in [0.15, 0.2) is 5.78 Å². The van der Waals surface area contributed by atoms with Gasteiger partial charge in [-0.15, -0.1) is 0 Å². The van der Waals surface area contributed by atoms with Crippen molar-refractivity contribution in [2.75, 3.05) is 13.7 Å². The van der Waals surface area contributed by atoms with Gasteiger partial charge in [-0.05, 0) is 49.4 Å². The third-order valence-electron chi connectivity index (χ3n) is 6.68. The maximum atomic E-state index is 13.8. The molecule has 7 nitrogen and oxygen atoms in total. The van der Waals surface area contributed by atoms with Crippen LogP contribution in [0.2, 0.25) is 0 Å². The number of esters is 2. The van der Waals surface area contributed by atoms with Crippen LogP contribution in [0.15, 0.2) is 77.1 Å². The van der Waals surface area contributed by atoms with E-state index in [0.29, 0.717) is 41.2 Å². The predicted molar refractivity (Wildman–Crippen MR) is 134 cm³/mol. The zero-order chi connectivity index (χ0) is 25.8. The Labute approximate surface area is 211 Å². The Kier molecular flexibility index (Phi) is 7.58. The molecular weight excluding hydrogens is 458 g/mol. The summed E-state index contributed by atoms with van der Waals surface area (Å²) in [6.45, 7) is 5.98. The van der Waals surface area contributed by atoms with E-state index in [1.165, 1.54) is 7.11 Å². The minimum Gasteiger partial charge on any atom is -0.489 e. The molecule has 0 saturated heterocycles. The summed E-state index contributed by atoms with van der Waals surface area (Å²) in [4.78, 5) is 39.5. The van der Waals surface area contributed by atoms with Crippen molar-refractivity contribution in [3.8, 4) is 5.75 Å². The molecule has 0 saturated carbocycles. The summed E-state index contributed by atoms with van der Waals surface area (Å²) in [6, 6.07) is 17.2. The number of ether oxygens (including phenoxy) is 3. The summed E-state index contributed by atoms with van der Waals surface area (Å²) in [5.41, 5.74) is 3.83. The number of carbonyl (C=O) groups excluding carboxylic acids is 3. The van der Waals surface area contributed by atoms with Crippen LogP contribution in [-0.2, 0) is 30.5 Å². The lowest BCUT2D eigenvalue weighted by atomic mass is 9.69. The van der Waals surface area contributed by atoms with E-state index < -0.39 is 23.8 Å². The van der Waals surface area contributed by atoms with Gasteiger partial charge in [-0.2, -0.15) is 0 Å². The second-order valence-corrected chi connectivity index (χ2v) is 9.10. The molecule has 1 aliphatic heterocycles. The van der Waals surface area contributed by atoms with Crippen molar-refractivity contribution < 1.29 is 28.6 Å². The summed E-state index contributed by atoms with van der Waals surface area (Å²) in [5.74, 6) is -2.67. The van der Waals surface area contributed by atoms with Crippen LogP contribution in [0.4, 0.5) is 0 Å². The standard InChI is InChI=1S/C29H31NO6/c1-5-35-29(33)24-18(3)30-22-14-17(2)23(28(32)34-4)27(31)26(22)25(24)20-12-9-13-21(15-20)36-16-19-10-7-6-8-11-19/h6-13,15,17,23,25,30H,5,14,16H2,1-4H3. The van der Waals surface area contributed by atoms with E-state index in [4.69, 9.17) is 14.2 Å². The molecule has 36 heavy (non-hydrogen) atoms. The molecule has 0 amide bonds. The van der Waals surface area contributed by atoms with Crippen LogP contribution in [0.3, 0.4) is 0 Å². The molecule has 1 N–H and O–H groups in total. The van der Waals surface area contributed by atoms with Gasteiger partial charge in [-0.25, -0.2) is 4.79 Å². The van der Waals surface area contributed by atoms with Gasteiger partial charge in [0.1, 0.15) is 18.3 Å². The number of Topliss-reactive ketones (excluding diaryl/α,β-unsaturated/α-hetero) is 1. The highest BCUT2D eigenvalue weighted by Gasteiger charge is 2.47. The first-order chi connectivity index (χ1) is 17.3.